The van der Waals surface area contributed by atoms with Gasteiger partial charge in [-0.25, -0.2) is 17.4 Å². The van der Waals surface area contributed by atoms with Crippen molar-refractivity contribution >= 4 is 43.5 Å². The maximum Gasteiger partial charge on any atom is 0.269 e. The predicted octanol–water partition coefficient (Wildman–Crippen LogP) is 4.26. The van der Waals surface area contributed by atoms with Crippen LogP contribution >= 0.6 is 22.6 Å². The second-order valence-corrected chi connectivity index (χ2v) is 9.11. The smallest absolute Gasteiger partial charge is 0.269 e. The molecule has 28 heavy (non-hydrogen) atoms. The molecule has 3 aromatic heterocycles. The van der Waals surface area contributed by atoms with Crippen molar-refractivity contribution in [2.24, 2.45) is 0 Å². The largest absolute Gasteiger partial charge is 0.481 e. The van der Waals surface area contributed by atoms with Gasteiger partial charge in [0.1, 0.15) is 0 Å². The van der Waals surface area contributed by atoms with E-state index in [1.807, 2.05) is 47.7 Å². The minimum absolute atomic E-state index is 0.240. The van der Waals surface area contributed by atoms with Crippen LogP contribution in [0, 0.1) is 10.6 Å². The molecule has 0 N–H and O–H groups in total. The van der Waals surface area contributed by atoms with Gasteiger partial charge in [-0.05, 0) is 59.3 Å². The van der Waals surface area contributed by atoms with E-state index in [4.69, 9.17) is 4.74 Å². The summed E-state index contributed by atoms with van der Waals surface area (Å²) in [5.74, 6) is 0.539. The second kappa shape index (κ2) is 7.17. The molecule has 142 valence electrons. The highest BCUT2D eigenvalue weighted by atomic mass is 127. The van der Waals surface area contributed by atoms with E-state index in [1.54, 1.807) is 49.8 Å². The van der Waals surface area contributed by atoms with E-state index in [-0.39, 0.29) is 4.90 Å². The number of hydrogen-bond donors (Lipinski definition) is 0. The number of nitrogens with zero attached hydrogens (tertiary/aromatic N) is 3. The highest BCUT2D eigenvalue weighted by Crippen LogP contribution is 2.30. The third-order valence-electron chi connectivity index (χ3n) is 4.45. The summed E-state index contributed by atoms with van der Waals surface area (Å²) in [5.41, 5.74) is 3.11. The van der Waals surface area contributed by atoms with Crippen LogP contribution in [0.2, 0.25) is 0 Å². The lowest BCUT2D eigenvalue weighted by Crippen LogP contribution is -2.14. The van der Waals surface area contributed by atoms with Gasteiger partial charge >= 0.3 is 0 Å². The summed E-state index contributed by atoms with van der Waals surface area (Å²) in [7, 11) is -2.13. The first-order chi connectivity index (χ1) is 13.4. The normalized spacial score (nSPS) is 11.7. The first kappa shape index (κ1) is 18.9. The molecule has 0 atom stereocenters. The molecule has 0 amide bonds. The van der Waals surface area contributed by atoms with Crippen molar-refractivity contribution in [2.45, 2.75) is 11.8 Å². The number of methoxy groups -OCH3 is 1. The lowest BCUT2D eigenvalue weighted by atomic mass is 10.1. The van der Waals surface area contributed by atoms with Crippen LogP contribution in [0.5, 0.6) is 5.88 Å². The van der Waals surface area contributed by atoms with Crippen molar-refractivity contribution in [3.8, 4) is 17.1 Å². The zero-order valence-corrected chi connectivity index (χ0v) is 18.1. The Bertz CT molecular complexity index is 1290. The van der Waals surface area contributed by atoms with Crippen LogP contribution < -0.4 is 4.74 Å². The number of fused-ring (bicyclic) bond motifs is 1. The molecular formula is C20H16IN3O3S. The molecular weight excluding hydrogens is 489 g/mol. The van der Waals surface area contributed by atoms with Gasteiger partial charge in [0.05, 0.1) is 33.1 Å². The van der Waals surface area contributed by atoms with E-state index in [1.165, 1.54) is 3.97 Å². The van der Waals surface area contributed by atoms with Crippen molar-refractivity contribution in [1.29, 1.82) is 0 Å². The minimum atomic E-state index is -3.71. The fourth-order valence-electron chi connectivity index (χ4n) is 3.05. The number of rotatable bonds is 4. The third kappa shape index (κ3) is 3.16. The number of halogens is 1. The minimum Gasteiger partial charge on any atom is -0.481 e. The molecule has 6 nitrogen and oxygen atoms in total. The van der Waals surface area contributed by atoms with Crippen molar-refractivity contribution in [3.05, 3.63) is 70.2 Å². The Labute approximate surface area is 176 Å². The topological polar surface area (TPSA) is 74.1 Å². The zero-order chi connectivity index (χ0) is 19.9. The summed E-state index contributed by atoms with van der Waals surface area (Å²) < 4.78 is 33.3. The van der Waals surface area contributed by atoms with Crippen molar-refractivity contribution < 1.29 is 13.2 Å². The van der Waals surface area contributed by atoms with Crippen molar-refractivity contribution in [2.75, 3.05) is 7.11 Å². The van der Waals surface area contributed by atoms with Gasteiger partial charge < -0.3 is 4.74 Å². The lowest BCUT2D eigenvalue weighted by molar-refractivity contribution is 0.397. The van der Waals surface area contributed by atoms with Crippen LogP contribution in [0.4, 0.5) is 0 Å². The van der Waals surface area contributed by atoms with E-state index in [0.717, 1.165) is 22.2 Å². The molecule has 0 saturated heterocycles. The van der Waals surface area contributed by atoms with E-state index < -0.39 is 10.0 Å². The molecule has 0 fully saturated rings. The Kier molecular flexibility index (Phi) is 4.84. The van der Waals surface area contributed by atoms with Gasteiger partial charge in [0.15, 0.2) is 0 Å². The van der Waals surface area contributed by atoms with Gasteiger partial charge in [-0.3, -0.25) is 4.98 Å². The molecule has 0 unspecified atom stereocenters. The maximum atomic E-state index is 13.1. The lowest BCUT2D eigenvalue weighted by Gasteiger charge is -2.10. The number of aryl methyl sites for hydroxylation is 1. The fourth-order valence-corrected chi connectivity index (χ4v) is 5.83. The molecule has 8 heteroatoms. The maximum absolute atomic E-state index is 13.1. The average molecular weight is 505 g/mol. The molecule has 4 rings (SSSR count). The van der Waals surface area contributed by atoms with E-state index >= 15 is 0 Å². The van der Waals surface area contributed by atoms with Gasteiger partial charge in [0.25, 0.3) is 10.0 Å². The van der Waals surface area contributed by atoms with E-state index in [0.29, 0.717) is 15.1 Å². The van der Waals surface area contributed by atoms with E-state index in [2.05, 4.69) is 9.97 Å². The van der Waals surface area contributed by atoms with Crippen LogP contribution in [0.3, 0.4) is 0 Å². The molecule has 0 saturated carbocycles. The summed E-state index contributed by atoms with van der Waals surface area (Å²) in [5, 5.41) is 0.795. The zero-order valence-electron chi connectivity index (χ0n) is 15.1. The van der Waals surface area contributed by atoms with Crippen molar-refractivity contribution in [3.63, 3.8) is 0 Å². The van der Waals surface area contributed by atoms with Gasteiger partial charge in [0.2, 0.25) is 5.88 Å². The molecule has 3 heterocycles. The Morgan fingerprint density at radius 3 is 2.46 bits per heavy atom. The molecule has 0 spiro atoms. The molecule has 0 bridgehead atoms. The standard InChI is InChI=1S/C20H16IN3O3S/c1-13-8-20(27-2)23-11-16(13)17-9-14-10-19(21)24(18(14)12-22-17)28(25,26)15-6-4-3-5-7-15/h3-12H,1-2H3. The van der Waals surface area contributed by atoms with Gasteiger partial charge in [-0.2, -0.15) is 0 Å². The molecule has 0 aliphatic heterocycles. The highest BCUT2D eigenvalue weighted by molar-refractivity contribution is 14.1. The SMILES string of the molecule is COc1cc(C)c(-c2cc3cc(I)n(S(=O)(=O)c4ccccc4)c3cn2)cn1. The average Bonchev–Trinajstić information content (AvgIpc) is 3.04. The van der Waals surface area contributed by atoms with Crippen LogP contribution in [0.1, 0.15) is 5.56 Å². The predicted molar refractivity (Wildman–Crippen MR) is 116 cm³/mol. The Hall–Kier alpha value is -2.46. The quantitative estimate of drug-likeness (QED) is 0.388. The summed E-state index contributed by atoms with van der Waals surface area (Å²) in [4.78, 5) is 9.00. The first-order valence-corrected chi connectivity index (χ1v) is 10.9. The number of pyridine rings is 2. The van der Waals surface area contributed by atoms with Crippen LogP contribution in [0.15, 0.2) is 65.8 Å². The molecule has 1 aromatic carbocycles. The Morgan fingerprint density at radius 1 is 1.04 bits per heavy atom. The first-order valence-electron chi connectivity index (χ1n) is 8.40. The van der Waals surface area contributed by atoms with E-state index in [9.17, 15) is 8.42 Å². The van der Waals surface area contributed by atoms with Gasteiger partial charge in [-0.1, -0.05) is 18.2 Å². The Morgan fingerprint density at radius 2 is 1.79 bits per heavy atom. The molecule has 4 aromatic rings. The van der Waals surface area contributed by atoms with Crippen LogP contribution in [-0.4, -0.2) is 29.5 Å². The second-order valence-electron chi connectivity index (χ2n) is 6.22. The Balaban J connectivity index is 1.86. The number of hydrogen-bond acceptors (Lipinski definition) is 5. The van der Waals surface area contributed by atoms with Crippen LogP contribution in [-0.2, 0) is 10.0 Å². The molecule has 0 aliphatic rings. The summed E-state index contributed by atoms with van der Waals surface area (Å²) in [6, 6.07) is 13.9. The summed E-state index contributed by atoms with van der Waals surface area (Å²) in [6.45, 7) is 1.96. The highest BCUT2D eigenvalue weighted by Gasteiger charge is 2.22. The monoisotopic (exact) mass is 505 g/mol. The number of ether oxygens (including phenoxy) is 1. The summed E-state index contributed by atoms with van der Waals surface area (Å²) >= 11 is 2.04. The number of benzene rings is 1. The molecule has 0 aliphatic carbocycles. The van der Waals surface area contributed by atoms with Gasteiger partial charge in [-0.15, -0.1) is 0 Å². The van der Waals surface area contributed by atoms with Crippen molar-refractivity contribution in [1.82, 2.24) is 13.9 Å². The number of aromatic nitrogens is 3. The molecule has 0 radical (unpaired) electrons. The van der Waals surface area contributed by atoms with Gasteiger partial charge in [0, 0.05) is 23.2 Å². The summed E-state index contributed by atoms with van der Waals surface area (Å²) in [6.07, 6.45) is 3.31. The third-order valence-corrected chi connectivity index (χ3v) is 7.32. The van der Waals surface area contributed by atoms with Crippen LogP contribution in [0.25, 0.3) is 22.2 Å². The fraction of sp³-hybridized carbons (Fsp3) is 0.100.